The molecule has 1 aromatic heterocycles. The number of thiophene rings is 1. The molecule has 1 amide bonds. The highest BCUT2D eigenvalue weighted by molar-refractivity contribution is 7.17. The minimum Gasteiger partial charge on any atom is -0.333 e. The fourth-order valence-corrected chi connectivity index (χ4v) is 3.08. The zero-order chi connectivity index (χ0) is 13.4. The third-order valence-corrected chi connectivity index (χ3v) is 4.11. The van der Waals surface area contributed by atoms with Gasteiger partial charge in [-0.25, -0.2) is 0 Å². The summed E-state index contributed by atoms with van der Waals surface area (Å²) in [5, 5.41) is 2.73. The molecular weight excluding hydrogens is 272 g/mol. The number of carbonyl (C=O) groups excluding carboxylic acids is 1. The van der Waals surface area contributed by atoms with Crippen LogP contribution in [0.1, 0.15) is 10.4 Å². The van der Waals surface area contributed by atoms with Gasteiger partial charge in [-0.05, 0) is 6.07 Å². The number of rotatable bonds is 3. The van der Waals surface area contributed by atoms with E-state index in [4.69, 9.17) is 0 Å². The van der Waals surface area contributed by atoms with E-state index >= 15 is 0 Å². The number of halogens is 2. The number of carbonyl (C=O) groups is 1. The molecule has 0 saturated carbocycles. The summed E-state index contributed by atoms with van der Waals surface area (Å²) in [5.74, 6) is -0.119. The Kier molecular flexibility index (Phi) is 3.20. The molecule has 100 valence electrons. The molecule has 0 unspecified atom stereocenters. The molecule has 3 nitrogen and oxygen atoms in total. The summed E-state index contributed by atoms with van der Waals surface area (Å²) >= 11 is 1.51. The zero-order valence-corrected chi connectivity index (χ0v) is 10.7. The van der Waals surface area contributed by atoms with Crippen LogP contribution >= 0.6 is 11.3 Å². The molecule has 0 N–H and O–H groups in total. The first kappa shape index (κ1) is 12.5. The van der Waals surface area contributed by atoms with E-state index in [1.54, 1.807) is 0 Å². The van der Waals surface area contributed by atoms with Gasteiger partial charge >= 0.3 is 6.61 Å². The number of benzene rings is 1. The summed E-state index contributed by atoms with van der Waals surface area (Å²) in [6.07, 6.45) is -0.547. The van der Waals surface area contributed by atoms with E-state index in [9.17, 15) is 13.6 Å². The highest BCUT2D eigenvalue weighted by atomic mass is 32.1. The maximum Gasteiger partial charge on any atom is 0.345 e. The van der Waals surface area contributed by atoms with Gasteiger partial charge < -0.3 is 9.64 Å². The van der Waals surface area contributed by atoms with E-state index in [2.05, 4.69) is 4.74 Å². The minimum absolute atomic E-state index is 0.119. The van der Waals surface area contributed by atoms with Crippen molar-refractivity contribution in [2.45, 2.75) is 12.7 Å². The summed E-state index contributed by atoms with van der Waals surface area (Å²) in [7, 11) is 0. The Morgan fingerprint density at radius 1 is 1.37 bits per heavy atom. The Morgan fingerprint density at radius 2 is 2.11 bits per heavy atom. The molecule has 1 aliphatic rings. The topological polar surface area (TPSA) is 29.5 Å². The monoisotopic (exact) mass is 283 g/mol. The molecule has 0 spiro atoms. The fraction of sp³-hybridized carbons (Fsp3) is 0.308. The number of ether oxygens (including phenoxy) is 1. The summed E-state index contributed by atoms with van der Waals surface area (Å²) in [4.78, 5) is 13.8. The quantitative estimate of drug-likeness (QED) is 0.866. The molecule has 6 heteroatoms. The van der Waals surface area contributed by atoms with Gasteiger partial charge in [0.2, 0.25) is 0 Å². The van der Waals surface area contributed by atoms with Gasteiger partial charge in [-0.1, -0.05) is 18.2 Å². The van der Waals surface area contributed by atoms with Crippen molar-refractivity contribution in [1.29, 1.82) is 0 Å². The Balaban J connectivity index is 1.72. The van der Waals surface area contributed by atoms with Crippen molar-refractivity contribution < 1.29 is 18.3 Å². The van der Waals surface area contributed by atoms with E-state index in [0.29, 0.717) is 5.56 Å². The first-order valence-corrected chi connectivity index (χ1v) is 6.72. The predicted molar refractivity (Wildman–Crippen MR) is 68.6 cm³/mol. The van der Waals surface area contributed by atoms with Crippen molar-refractivity contribution in [2.75, 3.05) is 13.1 Å². The zero-order valence-electron chi connectivity index (χ0n) is 9.88. The fourth-order valence-electron chi connectivity index (χ4n) is 2.15. The molecule has 3 rings (SSSR count). The molecule has 1 aliphatic heterocycles. The minimum atomic E-state index is -2.77. The van der Waals surface area contributed by atoms with Crippen molar-refractivity contribution in [3.63, 3.8) is 0 Å². The van der Waals surface area contributed by atoms with Crippen LogP contribution in [0.4, 0.5) is 8.78 Å². The van der Waals surface area contributed by atoms with E-state index < -0.39 is 12.7 Å². The van der Waals surface area contributed by atoms with Crippen molar-refractivity contribution in [2.24, 2.45) is 0 Å². The highest BCUT2D eigenvalue weighted by Crippen LogP contribution is 2.28. The highest BCUT2D eigenvalue weighted by Gasteiger charge is 2.34. The number of hydrogen-bond donors (Lipinski definition) is 0. The first-order valence-electron chi connectivity index (χ1n) is 5.84. The van der Waals surface area contributed by atoms with Crippen LogP contribution in [0.5, 0.6) is 0 Å². The smallest absolute Gasteiger partial charge is 0.333 e. The lowest BCUT2D eigenvalue weighted by molar-refractivity contribution is -0.189. The maximum absolute atomic E-state index is 12.2. The predicted octanol–water partition coefficient (Wildman–Crippen LogP) is 2.96. The van der Waals surface area contributed by atoms with E-state index in [1.807, 2.05) is 29.6 Å². The van der Waals surface area contributed by atoms with Crippen LogP contribution in [0.15, 0.2) is 29.6 Å². The first-order chi connectivity index (χ1) is 9.15. The van der Waals surface area contributed by atoms with Crippen LogP contribution < -0.4 is 0 Å². The number of likely N-dealkylation sites (tertiary alicyclic amines) is 1. The average molecular weight is 283 g/mol. The lowest BCUT2D eigenvalue weighted by atomic mass is 10.1. The Labute approximate surface area is 112 Å². The van der Waals surface area contributed by atoms with Crippen LogP contribution in [0, 0.1) is 0 Å². The van der Waals surface area contributed by atoms with Crippen LogP contribution in [0.25, 0.3) is 10.1 Å². The molecule has 0 atom stereocenters. The summed E-state index contributed by atoms with van der Waals surface area (Å²) in [6.45, 7) is -2.31. The molecule has 1 fully saturated rings. The third kappa shape index (κ3) is 2.33. The SMILES string of the molecule is O=C(c1csc2ccccc12)N1CC(OC(F)F)C1. The number of alkyl halides is 2. The van der Waals surface area contributed by atoms with E-state index in [0.717, 1.165) is 10.1 Å². The van der Waals surface area contributed by atoms with Gasteiger partial charge in [0.1, 0.15) is 0 Å². The molecule has 19 heavy (non-hydrogen) atoms. The van der Waals surface area contributed by atoms with Gasteiger partial charge in [-0.2, -0.15) is 8.78 Å². The van der Waals surface area contributed by atoms with Crippen LogP contribution in [-0.2, 0) is 4.74 Å². The van der Waals surface area contributed by atoms with Crippen molar-refractivity contribution in [3.8, 4) is 0 Å². The molecule has 2 aromatic rings. The van der Waals surface area contributed by atoms with Crippen molar-refractivity contribution >= 4 is 27.3 Å². The second-order valence-corrected chi connectivity index (χ2v) is 5.29. The normalized spacial score (nSPS) is 16.1. The van der Waals surface area contributed by atoms with Crippen molar-refractivity contribution in [3.05, 3.63) is 35.2 Å². The Morgan fingerprint density at radius 3 is 2.84 bits per heavy atom. The molecule has 0 bridgehead atoms. The van der Waals surface area contributed by atoms with Gasteiger partial charge in [-0.3, -0.25) is 4.79 Å². The summed E-state index contributed by atoms with van der Waals surface area (Å²) < 4.78 is 29.4. The lowest BCUT2D eigenvalue weighted by Gasteiger charge is -2.38. The van der Waals surface area contributed by atoms with Crippen LogP contribution in [0.2, 0.25) is 0 Å². The molecule has 1 saturated heterocycles. The van der Waals surface area contributed by atoms with E-state index in [1.165, 1.54) is 16.2 Å². The second kappa shape index (κ2) is 4.86. The number of amides is 1. The Bertz CT molecular complexity index is 607. The molecule has 1 aromatic carbocycles. The van der Waals surface area contributed by atoms with Gasteiger partial charge in [0.05, 0.1) is 11.7 Å². The molecule has 0 radical (unpaired) electrons. The lowest BCUT2D eigenvalue weighted by Crippen LogP contribution is -2.55. The average Bonchev–Trinajstić information content (AvgIpc) is 2.76. The second-order valence-electron chi connectivity index (χ2n) is 4.37. The van der Waals surface area contributed by atoms with Gasteiger partial charge in [-0.15, -0.1) is 11.3 Å². The molecule has 0 aliphatic carbocycles. The number of nitrogens with zero attached hydrogens (tertiary/aromatic N) is 1. The third-order valence-electron chi connectivity index (χ3n) is 3.14. The molecule has 2 heterocycles. The van der Waals surface area contributed by atoms with Crippen LogP contribution in [0.3, 0.4) is 0 Å². The summed E-state index contributed by atoms with van der Waals surface area (Å²) in [5.41, 5.74) is 0.635. The maximum atomic E-state index is 12.2. The van der Waals surface area contributed by atoms with Gasteiger partial charge in [0.15, 0.2) is 0 Å². The number of hydrogen-bond acceptors (Lipinski definition) is 3. The molecular formula is C13H11F2NO2S. The van der Waals surface area contributed by atoms with Crippen molar-refractivity contribution in [1.82, 2.24) is 4.90 Å². The van der Waals surface area contributed by atoms with Gasteiger partial charge in [0.25, 0.3) is 5.91 Å². The Hall–Kier alpha value is -1.53. The van der Waals surface area contributed by atoms with E-state index in [-0.39, 0.29) is 19.0 Å². The standard InChI is InChI=1S/C13H11F2NO2S/c14-13(15)18-8-5-16(6-8)12(17)10-7-19-11-4-2-1-3-9(10)11/h1-4,7-8,13H,5-6H2. The summed E-state index contributed by atoms with van der Waals surface area (Å²) in [6, 6.07) is 7.65. The number of fused-ring (bicyclic) bond motifs is 1. The van der Waals surface area contributed by atoms with Crippen LogP contribution in [-0.4, -0.2) is 36.6 Å². The largest absolute Gasteiger partial charge is 0.345 e. The van der Waals surface area contributed by atoms with Gasteiger partial charge in [0, 0.05) is 28.6 Å².